The topological polar surface area (TPSA) is 57.2 Å². The minimum absolute atomic E-state index is 0.0411. The van der Waals surface area contributed by atoms with Gasteiger partial charge in [0.15, 0.2) is 14.1 Å². The maximum atomic E-state index is 11.0. The zero-order valence-electron chi connectivity index (χ0n) is 21.5. The van der Waals surface area contributed by atoms with Crippen molar-refractivity contribution in [3.05, 3.63) is 0 Å². The molecular weight excluding hydrogens is 432 g/mol. The molecule has 0 radical (unpaired) electrons. The fourth-order valence-corrected chi connectivity index (χ4v) is 8.45. The van der Waals surface area contributed by atoms with E-state index in [0.29, 0.717) is 19.6 Å². The molecule has 0 bridgehead atoms. The van der Waals surface area contributed by atoms with Gasteiger partial charge in [-0.3, -0.25) is 0 Å². The van der Waals surface area contributed by atoms with Gasteiger partial charge in [-0.2, -0.15) is 0 Å². The monoisotopic (exact) mass is 476 g/mol. The van der Waals surface area contributed by atoms with Crippen molar-refractivity contribution in [3.8, 4) is 11.8 Å². The van der Waals surface area contributed by atoms with E-state index in [9.17, 15) is 5.11 Å². The summed E-state index contributed by atoms with van der Waals surface area (Å²) in [5.41, 5.74) is -0.495. The number of methoxy groups -OCH3 is 1. The van der Waals surface area contributed by atoms with Crippen LogP contribution >= 0.6 is 0 Å². The Bertz CT molecular complexity index is 794. The van der Waals surface area contributed by atoms with Crippen molar-refractivity contribution < 1.29 is 23.7 Å². The molecule has 5 rings (SSSR count). The molecule has 1 N–H and O–H groups in total. The first-order valence-corrected chi connectivity index (χ1v) is 16.1. The van der Waals surface area contributed by atoms with Gasteiger partial charge in [-0.25, -0.2) is 0 Å². The Morgan fingerprint density at radius 1 is 1.12 bits per heavy atom. The highest BCUT2D eigenvalue weighted by Crippen LogP contribution is 2.62. The number of hydrogen-bond donors (Lipinski definition) is 1. The van der Waals surface area contributed by atoms with E-state index in [-0.39, 0.29) is 23.0 Å². The molecule has 1 spiro atoms. The molecule has 0 aromatic rings. The minimum atomic E-state index is -1.94. The summed E-state index contributed by atoms with van der Waals surface area (Å²) in [6.45, 7) is 12.8. The van der Waals surface area contributed by atoms with Crippen LogP contribution in [0.15, 0.2) is 0 Å². The van der Waals surface area contributed by atoms with E-state index < -0.39 is 25.8 Å². The molecule has 1 saturated heterocycles. The summed E-state index contributed by atoms with van der Waals surface area (Å²) in [4.78, 5) is 0. The fourth-order valence-electron chi connectivity index (χ4n) is 7.23. The number of ether oxygens (including phenoxy) is 3. The van der Waals surface area contributed by atoms with E-state index in [4.69, 9.17) is 18.6 Å². The maximum Gasteiger partial charge on any atom is 0.198 e. The highest BCUT2D eigenvalue weighted by Gasteiger charge is 2.73. The molecule has 5 aliphatic rings. The van der Waals surface area contributed by atoms with Gasteiger partial charge in [-0.05, 0) is 68.0 Å². The van der Waals surface area contributed by atoms with Gasteiger partial charge in [-0.15, -0.1) is 0 Å². The van der Waals surface area contributed by atoms with Gasteiger partial charge in [0, 0.05) is 19.4 Å². The quantitative estimate of drug-likeness (QED) is 0.459. The van der Waals surface area contributed by atoms with E-state index in [0.717, 1.165) is 37.0 Å². The molecule has 7 atom stereocenters. The van der Waals surface area contributed by atoms with Crippen molar-refractivity contribution in [2.24, 2.45) is 29.6 Å². The van der Waals surface area contributed by atoms with Crippen LogP contribution in [0, 0.1) is 41.4 Å². The first-order valence-electron chi connectivity index (χ1n) is 13.2. The Morgan fingerprint density at radius 2 is 1.79 bits per heavy atom. The van der Waals surface area contributed by atoms with Crippen LogP contribution in [0.4, 0.5) is 0 Å². The van der Waals surface area contributed by atoms with Gasteiger partial charge in [0.25, 0.3) is 0 Å². The molecule has 0 aromatic heterocycles. The average Bonchev–Trinajstić information content (AvgIpc) is 3.13. The van der Waals surface area contributed by atoms with E-state index >= 15 is 0 Å². The molecule has 5 fully saturated rings. The normalized spacial score (nSPS) is 42.2. The molecule has 186 valence electrons. The third-order valence-electron chi connectivity index (χ3n) is 10.2. The zero-order chi connectivity index (χ0) is 23.6. The van der Waals surface area contributed by atoms with Crippen LogP contribution in [-0.2, 0) is 18.6 Å². The summed E-state index contributed by atoms with van der Waals surface area (Å²) < 4.78 is 25.1. The molecule has 33 heavy (non-hydrogen) atoms. The lowest BCUT2D eigenvalue weighted by molar-refractivity contribution is -0.381. The molecule has 6 heteroatoms. The Balaban J connectivity index is 1.36. The highest BCUT2D eigenvalue weighted by atomic mass is 28.4. The predicted octanol–water partition coefficient (Wildman–Crippen LogP) is 4.74. The zero-order valence-corrected chi connectivity index (χ0v) is 22.5. The van der Waals surface area contributed by atoms with Crippen LogP contribution in [0.3, 0.4) is 0 Å². The predicted molar refractivity (Wildman–Crippen MR) is 130 cm³/mol. The van der Waals surface area contributed by atoms with Crippen molar-refractivity contribution in [1.82, 2.24) is 0 Å². The van der Waals surface area contributed by atoms with E-state index in [2.05, 4.69) is 45.7 Å². The Hall–Kier alpha value is -0.423. The standard InChI is InChI=1S/C27H44O5Si/c1-25(2,3)33(5,6)32-18(16-22-19-8-7-9-20(19)22)10-11-21-23-17-27(30-14-15-31-27)26(23,29-4)13-12-24(21)28/h18-24,28H,7-9,12-17H2,1-6H3/t18-,19?,20?,21-,22?,23-,24-,26-/m1/s1. The van der Waals surface area contributed by atoms with Gasteiger partial charge < -0.3 is 23.7 Å². The average molecular weight is 477 g/mol. The van der Waals surface area contributed by atoms with Crippen LogP contribution in [0.25, 0.3) is 0 Å². The van der Waals surface area contributed by atoms with Crippen LogP contribution in [0.2, 0.25) is 18.1 Å². The Kier molecular flexibility index (Phi) is 6.12. The highest BCUT2D eigenvalue weighted by molar-refractivity contribution is 6.74. The third-order valence-corrected chi connectivity index (χ3v) is 14.7. The molecule has 2 unspecified atom stereocenters. The number of rotatable bonds is 5. The summed E-state index contributed by atoms with van der Waals surface area (Å²) in [6.07, 6.45) is 6.91. The van der Waals surface area contributed by atoms with Crippen molar-refractivity contribution in [3.63, 3.8) is 0 Å². The molecule has 4 saturated carbocycles. The summed E-state index contributed by atoms with van der Waals surface area (Å²) >= 11 is 0. The van der Waals surface area contributed by atoms with Gasteiger partial charge in [-0.1, -0.05) is 39.0 Å². The van der Waals surface area contributed by atoms with Crippen molar-refractivity contribution in [2.45, 2.75) is 107 Å². The maximum absolute atomic E-state index is 11.0. The Labute approximate surface area is 201 Å². The molecule has 1 heterocycles. The van der Waals surface area contributed by atoms with Crippen molar-refractivity contribution in [1.29, 1.82) is 0 Å². The summed E-state index contributed by atoms with van der Waals surface area (Å²) in [7, 11) is -0.181. The number of aliphatic hydroxyl groups excluding tert-OH is 1. The largest absolute Gasteiger partial charge is 0.403 e. The number of aliphatic hydroxyl groups is 1. The fraction of sp³-hybridized carbons (Fsp3) is 0.926. The summed E-state index contributed by atoms with van der Waals surface area (Å²) in [5, 5.41) is 11.1. The van der Waals surface area contributed by atoms with Crippen LogP contribution in [0.5, 0.6) is 0 Å². The number of hydrogen-bond acceptors (Lipinski definition) is 5. The second-order valence-electron chi connectivity index (χ2n) is 12.8. The van der Waals surface area contributed by atoms with Crippen LogP contribution in [-0.4, -0.2) is 57.3 Å². The molecule has 4 aliphatic carbocycles. The third kappa shape index (κ3) is 3.86. The second kappa shape index (κ2) is 8.32. The summed E-state index contributed by atoms with van der Waals surface area (Å²) in [6, 6.07) is 0. The van der Waals surface area contributed by atoms with E-state index in [1.54, 1.807) is 7.11 Å². The minimum Gasteiger partial charge on any atom is -0.403 e. The van der Waals surface area contributed by atoms with Gasteiger partial charge in [0.2, 0.25) is 0 Å². The SMILES string of the molecule is CO[C@]12CC[C@@H](O)[C@H](C#C[C@H](CC3C4CCCC43)O[Si](C)(C)C(C)(C)C)[C@H]1CC21OCCO1. The first-order chi connectivity index (χ1) is 15.5. The van der Waals surface area contributed by atoms with Gasteiger partial charge in [0.1, 0.15) is 11.7 Å². The van der Waals surface area contributed by atoms with Crippen LogP contribution in [0.1, 0.15) is 65.7 Å². The number of fused-ring (bicyclic) bond motifs is 3. The molecular formula is C27H44O5Si. The van der Waals surface area contributed by atoms with Gasteiger partial charge >= 0.3 is 0 Å². The second-order valence-corrected chi connectivity index (χ2v) is 17.6. The van der Waals surface area contributed by atoms with Crippen LogP contribution < -0.4 is 0 Å². The molecule has 0 aromatic carbocycles. The molecule has 1 aliphatic heterocycles. The van der Waals surface area contributed by atoms with Crippen molar-refractivity contribution in [2.75, 3.05) is 20.3 Å². The Morgan fingerprint density at radius 3 is 2.39 bits per heavy atom. The first kappa shape index (κ1) is 24.3. The van der Waals surface area contributed by atoms with E-state index in [1.807, 2.05) is 0 Å². The lowest BCUT2D eigenvalue weighted by Crippen LogP contribution is -2.74. The van der Waals surface area contributed by atoms with Gasteiger partial charge in [0.05, 0.1) is 25.2 Å². The van der Waals surface area contributed by atoms with Crippen molar-refractivity contribution >= 4 is 8.32 Å². The smallest absolute Gasteiger partial charge is 0.198 e. The lowest BCUT2D eigenvalue weighted by atomic mass is 9.52. The molecule has 5 nitrogen and oxygen atoms in total. The summed E-state index contributed by atoms with van der Waals surface area (Å²) in [5.74, 6) is 9.08. The molecule has 0 amide bonds. The van der Waals surface area contributed by atoms with E-state index in [1.165, 1.54) is 19.3 Å². The lowest BCUT2D eigenvalue weighted by Gasteiger charge is -2.63.